The van der Waals surface area contributed by atoms with Crippen molar-refractivity contribution in [3.63, 3.8) is 0 Å². The summed E-state index contributed by atoms with van der Waals surface area (Å²) in [6, 6.07) is 12.9. The molecule has 3 rings (SSSR count). The zero-order chi connectivity index (χ0) is 13.2. The highest BCUT2D eigenvalue weighted by Gasteiger charge is 2.14. The summed E-state index contributed by atoms with van der Waals surface area (Å²) >= 11 is 0. The second-order valence-corrected chi connectivity index (χ2v) is 4.23. The molecular weight excluding hydrogens is 242 g/mol. The van der Waals surface area contributed by atoms with Gasteiger partial charge in [0.05, 0.1) is 5.56 Å². The summed E-state index contributed by atoms with van der Waals surface area (Å²) in [4.78, 5) is 0. The van der Waals surface area contributed by atoms with E-state index in [-0.39, 0.29) is 6.79 Å². The summed E-state index contributed by atoms with van der Waals surface area (Å²) in [5.41, 5.74) is 1.53. The molecule has 1 heterocycles. The van der Waals surface area contributed by atoms with Crippen LogP contribution in [0.1, 0.15) is 11.1 Å². The molecule has 0 radical (unpaired) electrons. The van der Waals surface area contributed by atoms with Crippen molar-refractivity contribution in [2.75, 3.05) is 6.79 Å². The van der Waals surface area contributed by atoms with Gasteiger partial charge >= 0.3 is 0 Å². The number of fused-ring (bicyclic) bond motifs is 1. The van der Waals surface area contributed by atoms with E-state index in [0.29, 0.717) is 28.6 Å². The molecule has 2 aromatic carbocycles. The third-order valence-corrected chi connectivity index (χ3v) is 2.83. The summed E-state index contributed by atoms with van der Waals surface area (Å²) in [6.45, 7) is 2.16. The maximum atomic E-state index is 9.10. The fraction of sp³-hybridized carbons (Fsp3) is 0.133. The number of ether oxygens (including phenoxy) is 3. The van der Waals surface area contributed by atoms with Crippen LogP contribution in [-0.4, -0.2) is 6.79 Å². The molecular formula is C15H11NO3. The van der Waals surface area contributed by atoms with Crippen LogP contribution < -0.4 is 14.2 Å². The lowest BCUT2D eigenvalue weighted by Crippen LogP contribution is -1.93. The van der Waals surface area contributed by atoms with Gasteiger partial charge in [0.15, 0.2) is 11.5 Å². The standard InChI is InChI=1S/C15H11NO3/c1-10-2-4-13(11(6-10)8-16)19-12-3-5-14-15(7-12)18-9-17-14/h2-7H,9H2,1H3. The van der Waals surface area contributed by atoms with Crippen molar-refractivity contribution in [1.29, 1.82) is 5.26 Å². The average Bonchev–Trinajstić information content (AvgIpc) is 2.88. The van der Waals surface area contributed by atoms with E-state index < -0.39 is 0 Å². The van der Waals surface area contributed by atoms with Crippen LogP contribution in [0, 0.1) is 18.3 Å². The molecule has 0 aromatic heterocycles. The minimum Gasteiger partial charge on any atom is -0.456 e. The van der Waals surface area contributed by atoms with Crippen LogP contribution in [-0.2, 0) is 0 Å². The quantitative estimate of drug-likeness (QED) is 0.823. The molecule has 1 aliphatic rings. The van der Waals surface area contributed by atoms with E-state index in [1.165, 1.54) is 0 Å². The number of hydrogen-bond acceptors (Lipinski definition) is 4. The third kappa shape index (κ3) is 2.18. The SMILES string of the molecule is Cc1ccc(Oc2ccc3c(c2)OCO3)c(C#N)c1. The van der Waals surface area contributed by atoms with Gasteiger partial charge in [-0.15, -0.1) is 0 Å². The molecule has 94 valence electrons. The second-order valence-electron chi connectivity index (χ2n) is 4.23. The summed E-state index contributed by atoms with van der Waals surface area (Å²) in [5.74, 6) is 2.51. The van der Waals surface area contributed by atoms with E-state index in [1.54, 1.807) is 30.3 Å². The highest BCUT2D eigenvalue weighted by atomic mass is 16.7. The van der Waals surface area contributed by atoms with Crippen molar-refractivity contribution in [1.82, 2.24) is 0 Å². The van der Waals surface area contributed by atoms with E-state index in [4.69, 9.17) is 19.5 Å². The van der Waals surface area contributed by atoms with Gasteiger partial charge in [-0.05, 0) is 36.8 Å². The van der Waals surface area contributed by atoms with Crippen LogP contribution >= 0.6 is 0 Å². The van der Waals surface area contributed by atoms with Gasteiger partial charge < -0.3 is 14.2 Å². The van der Waals surface area contributed by atoms with Crippen molar-refractivity contribution in [2.24, 2.45) is 0 Å². The van der Waals surface area contributed by atoms with Gasteiger partial charge in [-0.2, -0.15) is 5.26 Å². The highest BCUT2D eigenvalue weighted by Crippen LogP contribution is 2.37. The van der Waals surface area contributed by atoms with Crippen molar-refractivity contribution in [2.45, 2.75) is 6.92 Å². The van der Waals surface area contributed by atoms with Gasteiger partial charge in [0, 0.05) is 6.07 Å². The molecule has 0 spiro atoms. The van der Waals surface area contributed by atoms with Gasteiger partial charge in [-0.25, -0.2) is 0 Å². The largest absolute Gasteiger partial charge is 0.456 e. The molecule has 0 saturated heterocycles. The zero-order valence-corrected chi connectivity index (χ0v) is 10.3. The summed E-state index contributed by atoms with van der Waals surface area (Å²) in [7, 11) is 0. The monoisotopic (exact) mass is 253 g/mol. The van der Waals surface area contributed by atoms with Crippen LogP contribution in [0.5, 0.6) is 23.0 Å². The molecule has 0 aliphatic carbocycles. The number of nitriles is 1. The maximum Gasteiger partial charge on any atom is 0.231 e. The molecule has 2 aromatic rings. The Morgan fingerprint density at radius 1 is 1.11 bits per heavy atom. The third-order valence-electron chi connectivity index (χ3n) is 2.83. The van der Waals surface area contributed by atoms with Gasteiger partial charge in [0.2, 0.25) is 6.79 Å². The number of benzene rings is 2. The number of hydrogen-bond donors (Lipinski definition) is 0. The lowest BCUT2D eigenvalue weighted by molar-refractivity contribution is 0.174. The zero-order valence-electron chi connectivity index (χ0n) is 10.3. The average molecular weight is 253 g/mol. The lowest BCUT2D eigenvalue weighted by Gasteiger charge is -2.08. The minimum atomic E-state index is 0.229. The molecule has 4 heteroatoms. The molecule has 0 N–H and O–H groups in total. The predicted molar refractivity (Wildman–Crippen MR) is 68.5 cm³/mol. The highest BCUT2D eigenvalue weighted by molar-refractivity contribution is 5.51. The normalized spacial score (nSPS) is 12.0. The van der Waals surface area contributed by atoms with Gasteiger partial charge in [0.1, 0.15) is 17.6 Å². The van der Waals surface area contributed by atoms with Crippen molar-refractivity contribution < 1.29 is 14.2 Å². The van der Waals surface area contributed by atoms with Crippen LogP contribution in [0.15, 0.2) is 36.4 Å². The van der Waals surface area contributed by atoms with Gasteiger partial charge in [0.25, 0.3) is 0 Å². The smallest absolute Gasteiger partial charge is 0.231 e. The first-order valence-corrected chi connectivity index (χ1v) is 5.84. The van der Waals surface area contributed by atoms with E-state index in [9.17, 15) is 0 Å². The molecule has 0 amide bonds. The van der Waals surface area contributed by atoms with Gasteiger partial charge in [-0.1, -0.05) is 6.07 Å². The van der Waals surface area contributed by atoms with Crippen LogP contribution in [0.3, 0.4) is 0 Å². The molecule has 0 atom stereocenters. The second kappa shape index (κ2) is 4.54. The summed E-state index contributed by atoms with van der Waals surface area (Å²) in [5, 5.41) is 9.10. The van der Waals surface area contributed by atoms with Crippen LogP contribution in [0.2, 0.25) is 0 Å². The predicted octanol–water partition coefficient (Wildman–Crippen LogP) is 3.39. The van der Waals surface area contributed by atoms with E-state index in [0.717, 1.165) is 5.56 Å². The topological polar surface area (TPSA) is 51.5 Å². The molecule has 4 nitrogen and oxygen atoms in total. The number of rotatable bonds is 2. The van der Waals surface area contributed by atoms with E-state index in [2.05, 4.69) is 6.07 Å². The number of nitrogens with zero attached hydrogens (tertiary/aromatic N) is 1. The van der Waals surface area contributed by atoms with Crippen molar-refractivity contribution in [3.05, 3.63) is 47.5 Å². The Labute approximate surface area is 110 Å². The summed E-state index contributed by atoms with van der Waals surface area (Å²) in [6.07, 6.45) is 0. The fourth-order valence-electron chi connectivity index (χ4n) is 1.89. The Balaban J connectivity index is 1.92. The van der Waals surface area contributed by atoms with E-state index in [1.807, 2.05) is 13.0 Å². The first kappa shape index (κ1) is 11.4. The maximum absolute atomic E-state index is 9.10. The van der Waals surface area contributed by atoms with E-state index >= 15 is 0 Å². The summed E-state index contributed by atoms with van der Waals surface area (Å²) < 4.78 is 16.2. The first-order valence-electron chi connectivity index (χ1n) is 5.84. The molecule has 0 saturated carbocycles. The molecule has 19 heavy (non-hydrogen) atoms. The van der Waals surface area contributed by atoms with Crippen molar-refractivity contribution in [3.8, 4) is 29.1 Å². The molecule has 0 unspecified atom stereocenters. The van der Waals surface area contributed by atoms with Crippen LogP contribution in [0.25, 0.3) is 0 Å². The Bertz CT molecular complexity index is 674. The van der Waals surface area contributed by atoms with Gasteiger partial charge in [-0.3, -0.25) is 0 Å². The van der Waals surface area contributed by atoms with Crippen molar-refractivity contribution >= 4 is 0 Å². The molecule has 0 fully saturated rings. The lowest BCUT2D eigenvalue weighted by atomic mass is 10.1. The molecule has 0 bridgehead atoms. The minimum absolute atomic E-state index is 0.229. The Kier molecular flexibility index (Phi) is 2.73. The first-order chi connectivity index (χ1) is 9.26. The fourth-order valence-corrected chi connectivity index (χ4v) is 1.89. The Morgan fingerprint density at radius 3 is 2.79 bits per heavy atom. The number of aryl methyl sites for hydroxylation is 1. The Morgan fingerprint density at radius 2 is 1.95 bits per heavy atom. The van der Waals surface area contributed by atoms with Crippen LogP contribution in [0.4, 0.5) is 0 Å². The molecule has 1 aliphatic heterocycles. The Hall–Kier alpha value is -2.67.